The number of hydrogen-bond acceptors (Lipinski definition) is 3. The fraction of sp³-hybridized carbons (Fsp3) is 0.636. The van der Waals surface area contributed by atoms with Gasteiger partial charge in [0.1, 0.15) is 12.1 Å². The summed E-state index contributed by atoms with van der Waals surface area (Å²) < 4.78 is 4.96. The second kappa shape index (κ2) is 19.4. The Hall–Kier alpha value is -0.936. The van der Waals surface area contributed by atoms with Crippen molar-refractivity contribution in [3.63, 3.8) is 0 Å². The van der Waals surface area contributed by atoms with E-state index >= 15 is 0 Å². The summed E-state index contributed by atoms with van der Waals surface area (Å²) in [6, 6.07) is 10.6. The zero-order valence-corrected chi connectivity index (χ0v) is 19.4. The first-order valence-corrected chi connectivity index (χ1v) is 8.32. The fourth-order valence-corrected chi connectivity index (χ4v) is 1.68. The van der Waals surface area contributed by atoms with Gasteiger partial charge in [0.05, 0.1) is 0 Å². The Morgan fingerprint density at radius 2 is 1.43 bits per heavy atom. The Bertz CT molecular complexity index is 498. The number of alkyl carbamates (subject to hydrolysis) is 1. The standard InChI is InChI=1S/C10H20N2O3.C9H12.3CH4.Y/c1-7(2)12-8(13)6-11-9(14)15-10(3,4)5;1-8(2)9-6-4-3-5-7-9;;;;/h7H,6H2,1-5H3,(H,11,14)(H,12,13);3-8H,1-2H3;3*1H4;. The number of rotatable bonds is 4. The first-order valence-electron chi connectivity index (χ1n) is 8.32. The van der Waals surface area contributed by atoms with Crippen molar-refractivity contribution in [3.8, 4) is 0 Å². The van der Waals surface area contributed by atoms with Crippen LogP contribution in [-0.4, -0.2) is 30.2 Å². The molecule has 2 amide bonds. The smallest absolute Gasteiger partial charge is 0.408 e. The maximum absolute atomic E-state index is 11.1. The predicted octanol–water partition coefficient (Wildman–Crippen LogP) is 5.75. The molecule has 1 aromatic carbocycles. The SMILES string of the molecule is C.C.C.CC(C)NC(=O)CNC(=O)OC(C)(C)C.CC(C)c1ccccc1.[Y]. The molecule has 1 radical (unpaired) electrons. The van der Waals surface area contributed by atoms with Crippen molar-refractivity contribution in [1.29, 1.82) is 0 Å². The van der Waals surface area contributed by atoms with Crippen molar-refractivity contribution in [2.24, 2.45) is 0 Å². The van der Waals surface area contributed by atoms with E-state index in [4.69, 9.17) is 4.74 Å². The molecule has 0 bridgehead atoms. The summed E-state index contributed by atoms with van der Waals surface area (Å²) in [4.78, 5) is 22.3. The van der Waals surface area contributed by atoms with Gasteiger partial charge in [0.2, 0.25) is 5.91 Å². The minimum Gasteiger partial charge on any atom is -0.444 e. The van der Waals surface area contributed by atoms with E-state index < -0.39 is 11.7 Å². The molecule has 0 aliphatic rings. The van der Waals surface area contributed by atoms with Crippen LogP contribution in [0.5, 0.6) is 0 Å². The van der Waals surface area contributed by atoms with Crippen LogP contribution >= 0.6 is 0 Å². The normalized spacial score (nSPS) is 9.18. The monoisotopic (exact) mass is 473 g/mol. The molecule has 2 N–H and O–H groups in total. The van der Waals surface area contributed by atoms with Crippen molar-refractivity contribution in [2.45, 2.75) is 88.3 Å². The van der Waals surface area contributed by atoms with Crippen molar-refractivity contribution in [1.82, 2.24) is 10.6 Å². The van der Waals surface area contributed by atoms with E-state index in [0.29, 0.717) is 5.92 Å². The molecule has 0 fully saturated rings. The molecule has 0 saturated heterocycles. The molecule has 28 heavy (non-hydrogen) atoms. The summed E-state index contributed by atoms with van der Waals surface area (Å²) in [5, 5.41) is 5.02. The predicted molar refractivity (Wildman–Crippen MR) is 118 cm³/mol. The van der Waals surface area contributed by atoms with E-state index in [1.165, 1.54) is 5.56 Å². The number of ether oxygens (including phenoxy) is 1. The van der Waals surface area contributed by atoms with Crippen molar-refractivity contribution >= 4 is 12.0 Å². The second-order valence-corrected chi connectivity index (χ2v) is 7.14. The van der Waals surface area contributed by atoms with Crippen LogP contribution in [0.25, 0.3) is 0 Å². The van der Waals surface area contributed by atoms with Crippen LogP contribution in [0, 0.1) is 0 Å². The third-order valence-corrected chi connectivity index (χ3v) is 2.71. The maximum Gasteiger partial charge on any atom is 0.408 e. The van der Waals surface area contributed by atoms with Crippen LogP contribution in [0.2, 0.25) is 0 Å². The molecular formula is C22H44N2O3Y. The molecule has 163 valence electrons. The number of carbonyl (C=O) groups excluding carboxylic acids is 2. The van der Waals surface area contributed by atoms with E-state index in [9.17, 15) is 9.59 Å². The molecular weight excluding hydrogens is 429 g/mol. The van der Waals surface area contributed by atoms with E-state index in [1.807, 2.05) is 19.9 Å². The molecule has 5 nitrogen and oxygen atoms in total. The summed E-state index contributed by atoms with van der Waals surface area (Å²) in [5.74, 6) is 0.432. The van der Waals surface area contributed by atoms with Gasteiger partial charge in [-0.2, -0.15) is 0 Å². The topological polar surface area (TPSA) is 67.4 Å². The Labute approximate surface area is 199 Å². The summed E-state index contributed by atoms with van der Waals surface area (Å²) in [7, 11) is 0. The number of carbonyl (C=O) groups is 2. The van der Waals surface area contributed by atoms with Crippen LogP contribution < -0.4 is 10.6 Å². The minimum atomic E-state index is -0.582. The zero-order chi connectivity index (χ0) is 18.8. The van der Waals surface area contributed by atoms with Gasteiger partial charge in [-0.05, 0) is 46.1 Å². The largest absolute Gasteiger partial charge is 0.444 e. The number of amides is 2. The molecule has 0 atom stereocenters. The molecule has 0 heterocycles. The molecule has 0 aliphatic heterocycles. The number of hydrogen-bond donors (Lipinski definition) is 2. The first kappa shape index (κ1) is 37.8. The van der Waals surface area contributed by atoms with E-state index in [-0.39, 0.29) is 73.5 Å². The Kier molecular flexibility index (Phi) is 26.1. The van der Waals surface area contributed by atoms with Crippen LogP contribution in [0.1, 0.15) is 82.2 Å². The quantitative estimate of drug-likeness (QED) is 0.585. The van der Waals surface area contributed by atoms with E-state index in [1.54, 1.807) is 20.8 Å². The molecule has 0 saturated carbocycles. The van der Waals surface area contributed by atoms with E-state index in [0.717, 1.165) is 0 Å². The third kappa shape index (κ3) is 23.1. The average Bonchev–Trinajstić information content (AvgIpc) is 2.44. The van der Waals surface area contributed by atoms with Gasteiger partial charge in [-0.1, -0.05) is 66.5 Å². The third-order valence-electron chi connectivity index (χ3n) is 2.71. The summed E-state index contributed by atoms with van der Waals surface area (Å²) in [5.41, 5.74) is 0.871. The Balaban J connectivity index is -0.000000119. The average molecular weight is 474 g/mol. The second-order valence-electron chi connectivity index (χ2n) is 7.14. The molecule has 0 aliphatic carbocycles. The van der Waals surface area contributed by atoms with Crippen molar-refractivity contribution < 1.29 is 47.0 Å². The van der Waals surface area contributed by atoms with Gasteiger partial charge in [-0.15, -0.1) is 0 Å². The summed E-state index contributed by atoms with van der Waals surface area (Å²) in [6.45, 7) is 13.3. The van der Waals surface area contributed by atoms with Crippen molar-refractivity contribution in [3.05, 3.63) is 35.9 Å². The fourth-order valence-electron chi connectivity index (χ4n) is 1.68. The molecule has 0 spiro atoms. The van der Waals surface area contributed by atoms with Gasteiger partial charge in [0.15, 0.2) is 0 Å². The number of nitrogens with one attached hydrogen (secondary N) is 2. The maximum atomic E-state index is 11.1. The van der Waals surface area contributed by atoms with Crippen molar-refractivity contribution in [2.75, 3.05) is 6.54 Å². The van der Waals surface area contributed by atoms with Crippen LogP contribution in [0.3, 0.4) is 0 Å². The van der Waals surface area contributed by atoms with Crippen LogP contribution in [0.4, 0.5) is 4.79 Å². The Morgan fingerprint density at radius 1 is 0.964 bits per heavy atom. The molecule has 0 aromatic heterocycles. The summed E-state index contributed by atoms with van der Waals surface area (Å²) in [6.07, 6.45) is -0.582. The molecule has 0 unspecified atom stereocenters. The summed E-state index contributed by atoms with van der Waals surface area (Å²) >= 11 is 0. The van der Waals surface area contributed by atoms with E-state index in [2.05, 4.69) is 48.7 Å². The molecule has 1 rings (SSSR count). The van der Waals surface area contributed by atoms with Gasteiger partial charge in [0.25, 0.3) is 0 Å². The van der Waals surface area contributed by atoms with Gasteiger partial charge in [0, 0.05) is 38.8 Å². The van der Waals surface area contributed by atoms with Gasteiger partial charge in [-0.25, -0.2) is 4.79 Å². The zero-order valence-electron chi connectivity index (χ0n) is 16.6. The van der Waals surface area contributed by atoms with Crippen LogP contribution in [0.15, 0.2) is 30.3 Å². The molecule has 6 heteroatoms. The molecule has 1 aromatic rings. The first-order chi connectivity index (χ1) is 11.0. The van der Waals surface area contributed by atoms with Gasteiger partial charge >= 0.3 is 6.09 Å². The Morgan fingerprint density at radius 3 is 1.75 bits per heavy atom. The van der Waals surface area contributed by atoms with Crippen LogP contribution in [-0.2, 0) is 42.2 Å². The van der Waals surface area contributed by atoms with Gasteiger partial charge < -0.3 is 15.4 Å². The van der Waals surface area contributed by atoms with Gasteiger partial charge in [-0.3, -0.25) is 4.79 Å². The number of benzene rings is 1. The minimum absolute atomic E-state index is 0.